The van der Waals surface area contributed by atoms with Crippen LogP contribution in [0.5, 0.6) is 0 Å². The van der Waals surface area contributed by atoms with Gasteiger partial charge in [-0.05, 0) is 76.7 Å². The van der Waals surface area contributed by atoms with Crippen molar-refractivity contribution in [1.29, 1.82) is 0 Å². The van der Waals surface area contributed by atoms with Crippen LogP contribution in [0.3, 0.4) is 0 Å². The van der Waals surface area contributed by atoms with Crippen LogP contribution in [0.2, 0.25) is 5.02 Å². The van der Waals surface area contributed by atoms with Crippen LogP contribution in [0.4, 0.5) is 10.5 Å². The van der Waals surface area contributed by atoms with Crippen molar-refractivity contribution in [2.75, 3.05) is 11.6 Å². The summed E-state index contributed by atoms with van der Waals surface area (Å²) in [5.74, 6) is -0.343. The van der Waals surface area contributed by atoms with Gasteiger partial charge < -0.3 is 10.4 Å². The lowest BCUT2D eigenvalue weighted by molar-refractivity contribution is -0.117. The molecule has 0 radical (unpaired) electrons. The Morgan fingerprint density at radius 2 is 1.84 bits per heavy atom. The third-order valence-electron chi connectivity index (χ3n) is 6.38. The first kappa shape index (κ1) is 29.4. The zero-order chi connectivity index (χ0) is 30.2. The molecule has 0 fully saturated rings. The van der Waals surface area contributed by atoms with E-state index in [4.69, 9.17) is 16.7 Å². The zero-order valence-corrected chi connectivity index (χ0v) is 24.3. The number of aromatic nitrogens is 6. The predicted octanol–water partition coefficient (Wildman–Crippen LogP) is 5.70. The molecule has 2 aromatic heterocycles. The van der Waals surface area contributed by atoms with E-state index in [1.165, 1.54) is 28.8 Å². The molecular weight excluding hydrogens is 588 g/mol. The molecule has 0 saturated heterocycles. The maximum atomic E-state index is 13.3. The fourth-order valence-corrected chi connectivity index (χ4v) is 5.08. The Kier molecular flexibility index (Phi) is 9.39. The molecule has 0 spiro atoms. The van der Waals surface area contributed by atoms with Gasteiger partial charge in [-0.15, -0.1) is 22.0 Å². The second-order valence-corrected chi connectivity index (χ2v) is 10.5. The third kappa shape index (κ3) is 7.61. The average Bonchev–Trinajstić information content (AvgIpc) is 3.55. The molecule has 1 atom stereocenters. The molecule has 2 amide bonds. The van der Waals surface area contributed by atoms with Crippen molar-refractivity contribution in [3.8, 4) is 16.8 Å². The molecule has 1 unspecified atom stereocenters. The van der Waals surface area contributed by atoms with Gasteiger partial charge in [-0.3, -0.25) is 10.1 Å². The second kappa shape index (κ2) is 13.7. The van der Waals surface area contributed by atoms with Crippen molar-refractivity contribution in [2.24, 2.45) is 0 Å². The van der Waals surface area contributed by atoms with E-state index < -0.39 is 12.1 Å². The first-order valence-corrected chi connectivity index (χ1v) is 14.6. The van der Waals surface area contributed by atoms with E-state index in [-0.39, 0.29) is 5.91 Å². The van der Waals surface area contributed by atoms with Crippen molar-refractivity contribution >= 4 is 47.1 Å². The standard InChI is InChI=1S/C30H25ClN8O3S/c1-43-29-24(20-7-11-23(12-8-20)33-30(41)42)17-26(35-36-29)25(15-19-5-3-2-4-6-19)34-28(40)14-9-21-16-22(31)10-13-27(21)39-18-32-37-38-39/h2-14,16-18,25,33H,15H2,1H3,(H,34,40)(H,41,42). The number of nitrogens with one attached hydrogen (secondary N) is 2. The van der Waals surface area contributed by atoms with Gasteiger partial charge in [-0.1, -0.05) is 54.1 Å². The van der Waals surface area contributed by atoms with Crippen molar-refractivity contribution < 1.29 is 14.7 Å². The van der Waals surface area contributed by atoms with Crippen molar-refractivity contribution in [2.45, 2.75) is 17.5 Å². The SMILES string of the molecule is CSc1nnc(C(Cc2ccccc2)NC(=O)C=Cc2cc(Cl)ccc2-n2cnnn2)cc1-c1ccc(NC(=O)O)cc1. The van der Waals surface area contributed by atoms with E-state index in [2.05, 4.69) is 36.4 Å². The van der Waals surface area contributed by atoms with Gasteiger partial charge in [0.25, 0.3) is 0 Å². The number of nitrogens with zero attached hydrogens (tertiary/aromatic N) is 6. The molecule has 3 N–H and O–H groups in total. The molecule has 0 aliphatic heterocycles. The second-order valence-electron chi connectivity index (χ2n) is 9.24. The fourth-order valence-electron chi connectivity index (χ4n) is 4.38. The Hall–Kier alpha value is -5.07. The number of amides is 2. The lowest BCUT2D eigenvalue weighted by Gasteiger charge is -2.19. The van der Waals surface area contributed by atoms with Gasteiger partial charge in [-0.25, -0.2) is 4.79 Å². The number of rotatable bonds is 10. The number of hydrogen-bond acceptors (Lipinski definition) is 8. The summed E-state index contributed by atoms with van der Waals surface area (Å²) in [6.45, 7) is 0. The Bertz CT molecular complexity index is 1750. The van der Waals surface area contributed by atoms with E-state index in [1.807, 2.05) is 54.8 Å². The van der Waals surface area contributed by atoms with Gasteiger partial charge in [0, 0.05) is 27.9 Å². The van der Waals surface area contributed by atoms with Crippen LogP contribution in [-0.2, 0) is 11.2 Å². The van der Waals surface area contributed by atoms with Gasteiger partial charge in [0.05, 0.1) is 17.4 Å². The first-order chi connectivity index (χ1) is 20.9. The molecule has 0 saturated carbocycles. The lowest BCUT2D eigenvalue weighted by atomic mass is 10.00. The maximum absolute atomic E-state index is 13.3. The molecule has 2 heterocycles. The van der Waals surface area contributed by atoms with Crippen LogP contribution in [-0.4, -0.2) is 53.8 Å². The summed E-state index contributed by atoms with van der Waals surface area (Å²) in [7, 11) is 0. The van der Waals surface area contributed by atoms with Crippen LogP contribution in [0.15, 0.2) is 96.3 Å². The summed E-state index contributed by atoms with van der Waals surface area (Å²) >= 11 is 7.67. The summed E-state index contributed by atoms with van der Waals surface area (Å²) < 4.78 is 1.49. The van der Waals surface area contributed by atoms with Crippen molar-refractivity contribution in [3.63, 3.8) is 0 Å². The minimum atomic E-state index is -1.14. The number of anilines is 1. The minimum absolute atomic E-state index is 0.343. The highest BCUT2D eigenvalue weighted by molar-refractivity contribution is 7.98. The minimum Gasteiger partial charge on any atom is -0.465 e. The summed E-state index contributed by atoms with van der Waals surface area (Å²) in [4.78, 5) is 24.3. The van der Waals surface area contributed by atoms with Crippen LogP contribution in [0.25, 0.3) is 22.9 Å². The normalized spacial score (nSPS) is 11.8. The first-order valence-electron chi connectivity index (χ1n) is 13.0. The van der Waals surface area contributed by atoms with Crippen molar-refractivity contribution in [3.05, 3.63) is 113 Å². The van der Waals surface area contributed by atoms with Gasteiger partial charge in [0.1, 0.15) is 11.4 Å². The van der Waals surface area contributed by atoms with E-state index in [9.17, 15) is 9.59 Å². The van der Waals surface area contributed by atoms with Gasteiger partial charge in [-0.2, -0.15) is 9.78 Å². The number of carbonyl (C=O) groups excluding carboxylic acids is 1. The topological polar surface area (TPSA) is 148 Å². The molecular formula is C30H25ClN8O3S. The summed E-state index contributed by atoms with van der Waals surface area (Å²) in [5, 5.41) is 35.9. The van der Waals surface area contributed by atoms with Crippen molar-refractivity contribution in [1.82, 2.24) is 35.7 Å². The number of benzene rings is 3. The Morgan fingerprint density at radius 3 is 2.53 bits per heavy atom. The highest BCUT2D eigenvalue weighted by atomic mass is 35.5. The molecule has 43 heavy (non-hydrogen) atoms. The van der Waals surface area contributed by atoms with Gasteiger partial charge in [0.2, 0.25) is 5.91 Å². The number of carboxylic acid groups (broad SMARTS) is 1. The van der Waals surface area contributed by atoms with Crippen LogP contribution < -0.4 is 10.6 Å². The maximum Gasteiger partial charge on any atom is 0.409 e. The zero-order valence-electron chi connectivity index (χ0n) is 22.8. The molecule has 5 aromatic rings. The Labute approximate surface area is 256 Å². The predicted molar refractivity (Wildman–Crippen MR) is 165 cm³/mol. The Morgan fingerprint density at radius 1 is 1.05 bits per heavy atom. The largest absolute Gasteiger partial charge is 0.465 e. The van der Waals surface area contributed by atoms with Gasteiger partial charge >= 0.3 is 6.09 Å². The third-order valence-corrected chi connectivity index (χ3v) is 7.30. The van der Waals surface area contributed by atoms with E-state index >= 15 is 0 Å². The molecule has 3 aromatic carbocycles. The van der Waals surface area contributed by atoms with Crippen LogP contribution in [0, 0.1) is 0 Å². The van der Waals surface area contributed by atoms with Crippen LogP contribution in [0.1, 0.15) is 22.9 Å². The fraction of sp³-hybridized carbons (Fsp3) is 0.100. The average molecular weight is 613 g/mol. The van der Waals surface area contributed by atoms with E-state index in [0.29, 0.717) is 39.1 Å². The number of thioether (sulfide) groups is 1. The summed E-state index contributed by atoms with van der Waals surface area (Å²) in [6, 6.07) is 23.4. The molecule has 0 aliphatic carbocycles. The van der Waals surface area contributed by atoms with Crippen LogP contribution >= 0.6 is 23.4 Å². The number of carbonyl (C=O) groups is 2. The molecule has 11 nitrogen and oxygen atoms in total. The molecule has 13 heteroatoms. The summed E-state index contributed by atoms with van der Waals surface area (Å²) in [5.41, 5.74) is 4.99. The number of halogens is 1. The quantitative estimate of drug-likeness (QED) is 0.133. The van der Waals surface area contributed by atoms with Gasteiger partial charge in [0.15, 0.2) is 0 Å². The molecule has 0 bridgehead atoms. The highest BCUT2D eigenvalue weighted by Gasteiger charge is 2.20. The molecule has 0 aliphatic rings. The van der Waals surface area contributed by atoms with E-state index in [0.717, 1.165) is 16.7 Å². The molecule has 5 rings (SSSR count). The summed E-state index contributed by atoms with van der Waals surface area (Å²) in [6.07, 6.45) is 5.78. The lowest BCUT2D eigenvalue weighted by Crippen LogP contribution is -2.29. The van der Waals surface area contributed by atoms with E-state index in [1.54, 1.807) is 36.4 Å². The highest BCUT2D eigenvalue weighted by Crippen LogP contribution is 2.31. The number of hydrogen-bond donors (Lipinski definition) is 3. The number of tetrazole rings is 1. The Balaban J connectivity index is 1.45. The smallest absolute Gasteiger partial charge is 0.409 e. The molecule has 216 valence electrons. The monoisotopic (exact) mass is 612 g/mol.